The van der Waals surface area contributed by atoms with Gasteiger partial charge in [0.15, 0.2) is 0 Å². The van der Waals surface area contributed by atoms with E-state index in [-0.39, 0.29) is 0 Å². The van der Waals surface area contributed by atoms with Gasteiger partial charge in [-0.15, -0.1) is 11.6 Å². The summed E-state index contributed by atoms with van der Waals surface area (Å²) in [7, 11) is 0. The van der Waals surface area contributed by atoms with Gasteiger partial charge in [-0.25, -0.2) is 0 Å². The van der Waals surface area contributed by atoms with Crippen LogP contribution < -0.4 is 0 Å². The van der Waals surface area contributed by atoms with Crippen LogP contribution in [0.15, 0.2) is 36.4 Å². The van der Waals surface area contributed by atoms with E-state index in [4.69, 9.17) is 23.2 Å². The Bertz CT molecular complexity index is 520. The number of carbonyl (C=O) groups excluding carboxylic acids is 1. The Morgan fingerprint density at radius 1 is 1.20 bits per heavy atom. The van der Waals surface area contributed by atoms with Crippen LogP contribution in [0.5, 0.6) is 0 Å². The molecule has 76 valence electrons. The Labute approximate surface area is 97.6 Å². The maximum atomic E-state index is 11.2. The van der Waals surface area contributed by atoms with E-state index in [2.05, 4.69) is 0 Å². The Kier molecular flexibility index (Phi) is 2.94. The fourth-order valence-corrected chi connectivity index (χ4v) is 1.92. The van der Waals surface area contributed by atoms with Crippen molar-refractivity contribution < 1.29 is 4.79 Å². The molecule has 2 aromatic carbocycles. The molecule has 0 aliphatic rings. The molecular weight excluding hydrogens is 231 g/mol. The molecule has 0 unspecified atom stereocenters. The first kappa shape index (κ1) is 10.5. The van der Waals surface area contributed by atoms with E-state index in [1.807, 2.05) is 30.3 Å². The summed E-state index contributed by atoms with van der Waals surface area (Å²) < 4.78 is 0. The van der Waals surface area contributed by atoms with Gasteiger partial charge in [-0.2, -0.15) is 0 Å². The molecule has 0 aliphatic carbocycles. The van der Waals surface area contributed by atoms with Crippen molar-refractivity contribution >= 4 is 39.2 Å². The van der Waals surface area contributed by atoms with Crippen LogP contribution >= 0.6 is 23.2 Å². The summed E-state index contributed by atoms with van der Waals surface area (Å²) in [5, 5.41) is 1.42. The molecule has 0 spiro atoms. The number of alkyl halides is 1. The highest BCUT2D eigenvalue weighted by molar-refractivity contribution is 6.68. The van der Waals surface area contributed by atoms with Crippen LogP contribution in [0.25, 0.3) is 10.8 Å². The minimum absolute atomic E-state index is 0.431. The van der Waals surface area contributed by atoms with Crippen molar-refractivity contribution in [1.29, 1.82) is 0 Å². The van der Waals surface area contributed by atoms with Gasteiger partial charge in [0, 0.05) is 11.4 Å². The van der Waals surface area contributed by atoms with E-state index < -0.39 is 5.24 Å². The van der Waals surface area contributed by atoms with Crippen molar-refractivity contribution in [3.8, 4) is 0 Å². The van der Waals surface area contributed by atoms with Gasteiger partial charge in [0.1, 0.15) is 0 Å². The molecule has 0 N–H and O–H groups in total. The summed E-state index contributed by atoms with van der Waals surface area (Å²) in [5.41, 5.74) is 1.57. The molecule has 0 heterocycles. The van der Waals surface area contributed by atoms with Gasteiger partial charge in [-0.1, -0.05) is 24.3 Å². The van der Waals surface area contributed by atoms with Crippen molar-refractivity contribution in [2.75, 3.05) is 0 Å². The third-order valence-electron chi connectivity index (χ3n) is 2.31. The third kappa shape index (κ3) is 1.99. The van der Waals surface area contributed by atoms with E-state index in [0.29, 0.717) is 11.4 Å². The predicted octanol–water partition coefficient (Wildman–Crippen LogP) is 3.96. The maximum Gasteiger partial charge on any atom is 0.253 e. The van der Waals surface area contributed by atoms with E-state index in [1.54, 1.807) is 6.07 Å². The maximum absolute atomic E-state index is 11.2. The zero-order chi connectivity index (χ0) is 10.8. The van der Waals surface area contributed by atoms with Crippen LogP contribution in [-0.2, 0) is 5.88 Å². The largest absolute Gasteiger partial charge is 0.276 e. The number of hydrogen-bond donors (Lipinski definition) is 0. The molecule has 0 fully saturated rings. The van der Waals surface area contributed by atoms with E-state index in [0.717, 1.165) is 16.3 Å². The second-order valence-corrected chi connectivity index (χ2v) is 3.88. The molecule has 0 saturated carbocycles. The number of benzene rings is 2. The number of halogens is 2. The van der Waals surface area contributed by atoms with Crippen molar-refractivity contribution in [1.82, 2.24) is 0 Å². The average Bonchev–Trinajstić information content (AvgIpc) is 2.27. The Morgan fingerprint density at radius 3 is 2.67 bits per heavy atom. The third-order valence-corrected chi connectivity index (χ3v) is 2.82. The lowest BCUT2D eigenvalue weighted by Gasteiger charge is -2.03. The van der Waals surface area contributed by atoms with Crippen LogP contribution in [0.4, 0.5) is 0 Å². The quantitative estimate of drug-likeness (QED) is 0.572. The van der Waals surface area contributed by atoms with Crippen molar-refractivity contribution in [3.05, 3.63) is 47.5 Å². The summed E-state index contributed by atoms with van der Waals surface area (Å²) >= 11 is 11.2. The zero-order valence-corrected chi connectivity index (χ0v) is 9.35. The lowest BCUT2D eigenvalue weighted by Crippen LogP contribution is -1.90. The highest BCUT2D eigenvalue weighted by atomic mass is 35.5. The number of fused-ring (bicyclic) bond motifs is 1. The van der Waals surface area contributed by atoms with Gasteiger partial charge in [-0.3, -0.25) is 4.79 Å². The summed E-state index contributed by atoms with van der Waals surface area (Å²) in [4.78, 5) is 11.2. The van der Waals surface area contributed by atoms with Crippen LogP contribution in [0.3, 0.4) is 0 Å². The summed E-state index contributed by atoms with van der Waals surface area (Å²) in [6.07, 6.45) is 0. The van der Waals surface area contributed by atoms with E-state index in [9.17, 15) is 4.79 Å². The second kappa shape index (κ2) is 4.21. The molecule has 0 aliphatic heterocycles. The van der Waals surface area contributed by atoms with Crippen molar-refractivity contribution in [2.24, 2.45) is 0 Å². The molecule has 2 aromatic rings. The monoisotopic (exact) mass is 238 g/mol. The first-order valence-electron chi connectivity index (χ1n) is 4.50. The Hall–Kier alpha value is -1.05. The SMILES string of the molecule is O=C(Cl)c1cccc2cc(CCl)ccc12. The van der Waals surface area contributed by atoms with E-state index in [1.165, 1.54) is 0 Å². The lowest BCUT2D eigenvalue weighted by atomic mass is 10.0. The minimum Gasteiger partial charge on any atom is -0.276 e. The standard InChI is InChI=1S/C12H8Cl2O/c13-7-8-4-5-10-9(6-8)2-1-3-11(10)12(14)15/h1-6H,7H2. The summed E-state index contributed by atoms with van der Waals surface area (Å²) in [6.45, 7) is 0. The zero-order valence-electron chi connectivity index (χ0n) is 7.84. The van der Waals surface area contributed by atoms with Crippen molar-refractivity contribution in [2.45, 2.75) is 5.88 Å². The first-order valence-corrected chi connectivity index (χ1v) is 5.41. The summed E-state index contributed by atoms with van der Waals surface area (Å²) in [5.74, 6) is 0.467. The van der Waals surface area contributed by atoms with Crippen molar-refractivity contribution in [3.63, 3.8) is 0 Å². The van der Waals surface area contributed by atoms with Crippen LogP contribution in [-0.4, -0.2) is 5.24 Å². The van der Waals surface area contributed by atoms with Crippen LogP contribution in [0.2, 0.25) is 0 Å². The highest BCUT2D eigenvalue weighted by Crippen LogP contribution is 2.22. The molecule has 0 bridgehead atoms. The average molecular weight is 239 g/mol. The van der Waals surface area contributed by atoms with Gasteiger partial charge in [-0.05, 0) is 40.1 Å². The van der Waals surface area contributed by atoms with E-state index >= 15 is 0 Å². The molecule has 0 aromatic heterocycles. The first-order chi connectivity index (χ1) is 7.22. The molecule has 0 atom stereocenters. The number of carbonyl (C=O) groups is 1. The molecular formula is C12H8Cl2O. The molecule has 1 nitrogen and oxygen atoms in total. The molecule has 3 heteroatoms. The second-order valence-electron chi connectivity index (χ2n) is 3.27. The number of rotatable bonds is 2. The molecule has 0 saturated heterocycles. The smallest absolute Gasteiger partial charge is 0.253 e. The fourth-order valence-electron chi connectivity index (χ4n) is 1.59. The lowest BCUT2D eigenvalue weighted by molar-refractivity contribution is 0.108. The summed E-state index contributed by atoms with van der Waals surface area (Å²) in [6, 6.07) is 11.2. The highest BCUT2D eigenvalue weighted by Gasteiger charge is 2.06. The van der Waals surface area contributed by atoms with Gasteiger partial charge in [0.2, 0.25) is 0 Å². The number of hydrogen-bond acceptors (Lipinski definition) is 1. The van der Waals surface area contributed by atoms with Gasteiger partial charge in [0.05, 0.1) is 0 Å². The predicted molar refractivity (Wildman–Crippen MR) is 63.7 cm³/mol. The topological polar surface area (TPSA) is 17.1 Å². The molecule has 2 rings (SSSR count). The van der Waals surface area contributed by atoms with Crippen LogP contribution in [0.1, 0.15) is 15.9 Å². The van der Waals surface area contributed by atoms with Crippen LogP contribution in [0, 0.1) is 0 Å². The molecule has 0 amide bonds. The van der Waals surface area contributed by atoms with Gasteiger partial charge < -0.3 is 0 Å². The van der Waals surface area contributed by atoms with Gasteiger partial charge in [0.25, 0.3) is 5.24 Å². The Balaban J connectivity index is 2.72. The Morgan fingerprint density at radius 2 is 2.00 bits per heavy atom. The minimum atomic E-state index is -0.431. The van der Waals surface area contributed by atoms with Gasteiger partial charge >= 0.3 is 0 Å². The molecule has 15 heavy (non-hydrogen) atoms. The fraction of sp³-hybridized carbons (Fsp3) is 0.0833. The molecule has 0 radical (unpaired) electrons. The normalized spacial score (nSPS) is 10.5.